The number of fused-ring (bicyclic) bond motifs is 1. The average Bonchev–Trinajstić information content (AvgIpc) is 2.92. The van der Waals surface area contributed by atoms with Crippen LogP contribution in [-0.2, 0) is 17.6 Å². The molecule has 0 aliphatic heterocycles. The summed E-state index contributed by atoms with van der Waals surface area (Å²) in [6.07, 6.45) is 8.80. The Kier molecular flexibility index (Phi) is 4.96. The van der Waals surface area contributed by atoms with Gasteiger partial charge in [0.2, 0.25) is 0 Å². The monoisotopic (exact) mass is 280 g/mol. The lowest BCUT2D eigenvalue weighted by Crippen LogP contribution is -1.99. The topological polar surface area (TPSA) is 54.6 Å². The Morgan fingerprint density at radius 1 is 1.37 bits per heavy atom. The molecule has 1 N–H and O–H groups in total. The number of carboxylic acids is 1. The van der Waals surface area contributed by atoms with E-state index in [2.05, 4.69) is 18.1 Å². The molecule has 0 spiro atoms. The van der Waals surface area contributed by atoms with Crippen LogP contribution in [0, 0.1) is 0 Å². The third-order valence-corrected chi connectivity index (χ3v) is 4.10. The molecule has 2 rings (SSSR count). The fourth-order valence-electron chi connectivity index (χ4n) is 2.14. The van der Waals surface area contributed by atoms with Gasteiger partial charge in [0.25, 0.3) is 0 Å². The Hall–Kier alpha value is -1.36. The predicted molar refractivity (Wildman–Crippen MR) is 76.9 cm³/mol. The van der Waals surface area contributed by atoms with Crippen LogP contribution in [0.25, 0.3) is 4.96 Å². The molecule has 0 unspecified atom stereocenters. The van der Waals surface area contributed by atoms with Gasteiger partial charge in [-0.2, -0.15) is 0 Å². The van der Waals surface area contributed by atoms with Gasteiger partial charge in [-0.25, -0.2) is 4.98 Å². The standard InChI is InChI=1S/C14H20N2O2S/c1-2-3-4-5-6-11-9-16-12(7-8-13(17)18)10-19-14(16)15-11/h9-10H,2-8H2,1H3,(H,17,18). The summed E-state index contributed by atoms with van der Waals surface area (Å²) in [7, 11) is 0. The fourth-order valence-corrected chi connectivity index (χ4v) is 3.07. The van der Waals surface area contributed by atoms with E-state index in [0.717, 1.165) is 22.8 Å². The van der Waals surface area contributed by atoms with Crippen LogP contribution in [0.5, 0.6) is 0 Å². The maximum Gasteiger partial charge on any atom is 0.303 e. The molecule has 0 radical (unpaired) electrons. The van der Waals surface area contributed by atoms with Crippen molar-refractivity contribution in [2.75, 3.05) is 0 Å². The van der Waals surface area contributed by atoms with Crippen molar-refractivity contribution in [1.82, 2.24) is 9.38 Å². The number of aryl methyl sites for hydroxylation is 2. The molecule has 0 amide bonds. The molecule has 0 fully saturated rings. The number of nitrogens with zero attached hydrogens (tertiary/aromatic N) is 2. The molecule has 104 valence electrons. The summed E-state index contributed by atoms with van der Waals surface area (Å²) in [6.45, 7) is 2.21. The summed E-state index contributed by atoms with van der Waals surface area (Å²) in [6, 6.07) is 0. The number of rotatable bonds is 8. The molecule has 0 atom stereocenters. The van der Waals surface area contributed by atoms with Gasteiger partial charge in [-0.15, -0.1) is 11.3 Å². The van der Waals surface area contributed by atoms with Crippen LogP contribution in [0.15, 0.2) is 11.6 Å². The Bertz CT molecular complexity index is 545. The number of hydrogen-bond donors (Lipinski definition) is 1. The highest BCUT2D eigenvalue weighted by atomic mass is 32.1. The Balaban J connectivity index is 1.98. The molecule has 0 aliphatic rings. The van der Waals surface area contributed by atoms with E-state index in [1.807, 2.05) is 9.78 Å². The first-order chi connectivity index (χ1) is 9.20. The second-order valence-electron chi connectivity index (χ2n) is 4.82. The van der Waals surface area contributed by atoms with Gasteiger partial charge in [-0.3, -0.25) is 9.20 Å². The number of unbranched alkanes of at least 4 members (excludes halogenated alkanes) is 3. The maximum absolute atomic E-state index is 10.6. The summed E-state index contributed by atoms with van der Waals surface area (Å²) >= 11 is 1.59. The molecular weight excluding hydrogens is 260 g/mol. The van der Waals surface area contributed by atoms with E-state index in [1.54, 1.807) is 11.3 Å². The number of imidazole rings is 1. The summed E-state index contributed by atoms with van der Waals surface area (Å²) in [5.41, 5.74) is 2.18. The zero-order chi connectivity index (χ0) is 13.7. The first-order valence-corrected chi connectivity index (χ1v) is 7.74. The molecule has 0 bridgehead atoms. The Morgan fingerprint density at radius 2 is 2.21 bits per heavy atom. The van der Waals surface area contributed by atoms with E-state index in [9.17, 15) is 4.79 Å². The van der Waals surface area contributed by atoms with Crippen LogP contribution in [0.1, 0.15) is 50.4 Å². The molecule has 4 nitrogen and oxygen atoms in total. The number of thiazole rings is 1. The van der Waals surface area contributed by atoms with E-state index < -0.39 is 5.97 Å². The van der Waals surface area contributed by atoms with Crippen LogP contribution >= 0.6 is 11.3 Å². The second kappa shape index (κ2) is 6.70. The van der Waals surface area contributed by atoms with Crippen molar-refractivity contribution in [3.8, 4) is 0 Å². The van der Waals surface area contributed by atoms with Crippen molar-refractivity contribution >= 4 is 22.3 Å². The van der Waals surface area contributed by atoms with E-state index in [4.69, 9.17) is 5.11 Å². The highest BCUT2D eigenvalue weighted by molar-refractivity contribution is 7.15. The van der Waals surface area contributed by atoms with Gasteiger partial charge >= 0.3 is 5.97 Å². The van der Waals surface area contributed by atoms with E-state index in [0.29, 0.717) is 6.42 Å². The summed E-state index contributed by atoms with van der Waals surface area (Å²) < 4.78 is 2.04. The molecule has 2 aromatic rings. The van der Waals surface area contributed by atoms with Gasteiger partial charge in [0.05, 0.1) is 12.1 Å². The highest BCUT2D eigenvalue weighted by Gasteiger charge is 2.09. The van der Waals surface area contributed by atoms with E-state index >= 15 is 0 Å². The van der Waals surface area contributed by atoms with Crippen molar-refractivity contribution in [2.45, 2.75) is 51.9 Å². The molecule has 0 aliphatic carbocycles. The van der Waals surface area contributed by atoms with Crippen LogP contribution in [0.4, 0.5) is 0 Å². The predicted octanol–water partition coefficient (Wildman–Crippen LogP) is 3.54. The first kappa shape index (κ1) is 14.1. The average molecular weight is 280 g/mol. The molecule has 2 heterocycles. The van der Waals surface area contributed by atoms with Crippen molar-refractivity contribution in [3.05, 3.63) is 23.0 Å². The minimum Gasteiger partial charge on any atom is -0.481 e. The zero-order valence-corrected chi connectivity index (χ0v) is 12.1. The third kappa shape index (κ3) is 3.80. The molecule has 0 aromatic carbocycles. The highest BCUT2D eigenvalue weighted by Crippen LogP contribution is 2.19. The van der Waals surface area contributed by atoms with Crippen molar-refractivity contribution in [3.63, 3.8) is 0 Å². The molecule has 2 aromatic heterocycles. The molecule has 0 saturated heterocycles. The number of carbonyl (C=O) groups is 1. The van der Waals surface area contributed by atoms with Crippen LogP contribution in [-0.4, -0.2) is 20.5 Å². The van der Waals surface area contributed by atoms with Crippen LogP contribution < -0.4 is 0 Å². The maximum atomic E-state index is 10.6. The zero-order valence-electron chi connectivity index (χ0n) is 11.3. The molecular formula is C14H20N2O2S. The van der Waals surface area contributed by atoms with Gasteiger partial charge in [-0.1, -0.05) is 26.2 Å². The van der Waals surface area contributed by atoms with Crippen molar-refractivity contribution in [2.24, 2.45) is 0 Å². The lowest BCUT2D eigenvalue weighted by Gasteiger charge is -1.97. The van der Waals surface area contributed by atoms with E-state index in [-0.39, 0.29) is 6.42 Å². The molecule has 0 saturated carbocycles. The van der Waals surface area contributed by atoms with Gasteiger partial charge in [0.1, 0.15) is 0 Å². The lowest BCUT2D eigenvalue weighted by molar-refractivity contribution is -0.136. The fraction of sp³-hybridized carbons (Fsp3) is 0.571. The first-order valence-electron chi connectivity index (χ1n) is 6.87. The summed E-state index contributed by atoms with van der Waals surface area (Å²) in [5.74, 6) is -0.751. The smallest absolute Gasteiger partial charge is 0.303 e. The SMILES string of the molecule is CCCCCCc1cn2c(CCC(=O)O)csc2n1. The number of carboxylic acid groups (broad SMARTS) is 1. The largest absolute Gasteiger partial charge is 0.481 e. The van der Waals surface area contributed by atoms with Gasteiger partial charge < -0.3 is 5.11 Å². The number of aliphatic carboxylic acids is 1. The van der Waals surface area contributed by atoms with Gasteiger partial charge in [-0.05, 0) is 19.3 Å². The van der Waals surface area contributed by atoms with Crippen molar-refractivity contribution in [1.29, 1.82) is 0 Å². The number of aromatic nitrogens is 2. The van der Waals surface area contributed by atoms with Gasteiger partial charge in [0, 0.05) is 17.3 Å². The van der Waals surface area contributed by atoms with Crippen LogP contribution in [0.2, 0.25) is 0 Å². The summed E-state index contributed by atoms with van der Waals surface area (Å²) in [4.78, 5) is 16.2. The molecule has 19 heavy (non-hydrogen) atoms. The Labute approximate surface area is 117 Å². The Morgan fingerprint density at radius 3 is 2.95 bits per heavy atom. The summed E-state index contributed by atoms with van der Waals surface area (Å²) in [5, 5.41) is 10.7. The molecule has 5 heteroatoms. The quantitative estimate of drug-likeness (QED) is 0.752. The minimum absolute atomic E-state index is 0.176. The van der Waals surface area contributed by atoms with Gasteiger partial charge in [0.15, 0.2) is 4.96 Å². The lowest BCUT2D eigenvalue weighted by atomic mass is 10.1. The second-order valence-corrected chi connectivity index (χ2v) is 5.65. The third-order valence-electron chi connectivity index (χ3n) is 3.21. The minimum atomic E-state index is -0.751. The van der Waals surface area contributed by atoms with Crippen LogP contribution in [0.3, 0.4) is 0 Å². The van der Waals surface area contributed by atoms with E-state index in [1.165, 1.54) is 25.7 Å². The number of hydrogen-bond acceptors (Lipinski definition) is 3. The van der Waals surface area contributed by atoms with Crippen molar-refractivity contribution < 1.29 is 9.90 Å². The normalized spacial score (nSPS) is 11.2.